The van der Waals surface area contributed by atoms with Crippen molar-refractivity contribution in [2.24, 2.45) is 0 Å². The molecule has 1 N–H and O–H groups in total. The van der Waals surface area contributed by atoms with E-state index in [1.165, 1.54) is 0 Å². The van der Waals surface area contributed by atoms with Gasteiger partial charge in [0.15, 0.2) is 11.5 Å². The summed E-state index contributed by atoms with van der Waals surface area (Å²) < 4.78 is 15.8. The number of hydrogen-bond donors (Lipinski definition) is 1. The summed E-state index contributed by atoms with van der Waals surface area (Å²) in [5.41, 5.74) is 3.16. The van der Waals surface area contributed by atoms with Crippen LogP contribution in [0.15, 0.2) is 36.4 Å². The van der Waals surface area contributed by atoms with Gasteiger partial charge in [-0.1, -0.05) is 18.2 Å². The van der Waals surface area contributed by atoms with E-state index in [1.807, 2.05) is 43.3 Å². The normalized spacial score (nSPS) is 10.3. The number of ether oxygens (including phenoxy) is 3. The maximum absolute atomic E-state index is 12.1. The monoisotopic (exact) mass is 357 g/mol. The standard InChI is InChI=1S/C21H27NO4/c1-15-7-8-17(13-19(15)25-3)14-21(23)22-11-5-6-16-9-10-18(24-2)20(12-16)26-4/h7-10,12-13H,5-6,11,14H2,1-4H3,(H,22,23). The zero-order valence-corrected chi connectivity index (χ0v) is 15.9. The summed E-state index contributed by atoms with van der Waals surface area (Å²) in [6.45, 7) is 2.62. The number of aryl methyl sites for hydroxylation is 2. The van der Waals surface area contributed by atoms with Crippen molar-refractivity contribution in [1.29, 1.82) is 0 Å². The lowest BCUT2D eigenvalue weighted by Crippen LogP contribution is -2.26. The van der Waals surface area contributed by atoms with Crippen LogP contribution in [0.2, 0.25) is 0 Å². The Morgan fingerprint density at radius 1 is 0.885 bits per heavy atom. The van der Waals surface area contributed by atoms with Crippen molar-refractivity contribution in [3.63, 3.8) is 0 Å². The highest BCUT2D eigenvalue weighted by molar-refractivity contribution is 5.78. The van der Waals surface area contributed by atoms with Crippen molar-refractivity contribution in [2.75, 3.05) is 27.9 Å². The molecule has 5 heteroatoms. The second-order valence-corrected chi connectivity index (χ2v) is 6.12. The summed E-state index contributed by atoms with van der Waals surface area (Å²) in [5, 5.41) is 2.97. The molecule has 0 aliphatic rings. The quantitative estimate of drug-likeness (QED) is 0.700. The largest absolute Gasteiger partial charge is 0.496 e. The third-order valence-corrected chi connectivity index (χ3v) is 4.25. The number of amides is 1. The fourth-order valence-electron chi connectivity index (χ4n) is 2.78. The smallest absolute Gasteiger partial charge is 0.224 e. The summed E-state index contributed by atoms with van der Waals surface area (Å²) in [5.74, 6) is 2.27. The molecular weight excluding hydrogens is 330 g/mol. The van der Waals surface area contributed by atoms with Gasteiger partial charge in [-0.05, 0) is 54.7 Å². The predicted molar refractivity (Wildman–Crippen MR) is 102 cm³/mol. The van der Waals surface area contributed by atoms with Gasteiger partial charge in [0.05, 0.1) is 27.8 Å². The number of carbonyl (C=O) groups is 1. The van der Waals surface area contributed by atoms with E-state index in [9.17, 15) is 4.79 Å². The molecule has 0 saturated heterocycles. The Kier molecular flexibility index (Phi) is 7.33. The molecule has 0 radical (unpaired) electrons. The molecule has 0 fully saturated rings. The van der Waals surface area contributed by atoms with Gasteiger partial charge in [-0.3, -0.25) is 4.79 Å². The molecule has 2 aromatic carbocycles. The molecule has 0 bridgehead atoms. The van der Waals surface area contributed by atoms with Gasteiger partial charge in [-0.15, -0.1) is 0 Å². The van der Waals surface area contributed by atoms with Crippen LogP contribution in [0.25, 0.3) is 0 Å². The van der Waals surface area contributed by atoms with E-state index >= 15 is 0 Å². The van der Waals surface area contributed by atoms with Gasteiger partial charge in [0.2, 0.25) is 5.91 Å². The summed E-state index contributed by atoms with van der Waals surface area (Å²) in [7, 11) is 4.89. The Morgan fingerprint density at radius 3 is 2.23 bits per heavy atom. The lowest BCUT2D eigenvalue weighted by Gasteiger charge is -2.10. The van der Waals surface area contributed by atoms with Crippen LogP contribution in [0.5, 0.6) is 17.2 Å². The average Bonchev–Trinajstić information content (AvgIpc) is 2.66. The van der Waals surface area contributed by atoms with E-state index < -0.39 is 0 Å². The SMILES string of the molecule is COc1cc(CC(=O)NCCCc2ccc(OC)c(OC)c2)ccc1C. The highest BCUT2D eigenvalue weighted by Crippen LogP contribution is 2.27. The van der Waals surface area contributed by atoms with E-state index in [-0.39, 0.29) is 5.91 Å². The van der Waals surface area contributed by atoms with Gasteiger partial charge in [-0.2, -0.15) is 0 Å². The number of nitrogens with one attached hydrogen (secondary N) is 1. The maximum atomic E-state index is 12.1. The van der Waals surface area contributed by atoms with E-state index in [4.69, 9.17) is 14.2 Å². The van der Waals surface area contributed by atoms with Crippen molar-refractivity contribution in [2.45, 2.75) is 26.2 Å². The Hall–Kier alpha value is -2.69. The highest BCUT2D eigenvalue weighted by atomic mass is 16.5. The van der Waals surface area contributed by atoms with E-state index in [0.29, 0.717) is 13.0 Å². The third kappa shape index (κ3) is 5.41. The predicted octanol–water partition coefficient (Wildman–Crippen LogP) is 3.31. The molecule has 0 aliphatic carbocycles. The van der Waals surface area contributed by atoms with Crippen molar-refractivity contribution in [3.8, 4) is 17.2 Å². The molecule has 140 valence electrons. The topological polar surface area (TPSA) is 56.8 Å². The van der Waals surface area contributed by atoms with Crippen LogP contribution >= 0.6 is 0 Å². The summed E-state index contributed by atoms with van der Waals surface area (Å²) in [6.07, 6.45) is 2.07. The average molecular weight is 357 g/mol. The first-order valence-corrected chi connectivity index (χ1v) is 8.68. The van der Waals surface area contributed by atoms with Crippen LogP contribution in [0.4, 0.5) is 0 Å². The molecule has 0 aliphatic heterocycles. The minimum Gasteiger partial charge on any atom is -0.496 e. The number of rotatable bonds is 9. The Bertz CT molecular complexity index is 743. The third-order valence-electron chi connectivity index (χ3n) is 4.25. The molecule has 26 heavy (non-hydrogen) atoms. The molecule has 0 heterocycles. The highest BCUT2D eigenvalue weighted by Gasteiger charge is 2.07. The van der Waals surface area contributed by atoms with Gasteiger partial charge in [0.1, 0.15) is 5.75 Å². The first kappa shape index (κ1) is 19.6. The number of benzene rings is 2. The fraction of sp³-hybridized carbons (Fsp3) is 0.381. The Morgan fingerprint density at radius 2 is 1.54 bits per heavy atom. The second-order valence-electron chi connectivity index (χ2n) is 6.12. The van der Waals surface area contributed by atoms with Crippen molar-refractivity contribution >= 4 is 5.91 Å². The van der Waals surface area contributed by atoms with Gasteiger partial charge >= 0.3 is 0 Å². The van der Waals surface area contributed by atoms with E-state index in [0.717, 1.165) is 46.8 Å². The summed E-state index contributed by atoms with van der Waals surface area (Å²) >= 11 is 0. The number of hydrogen-bond acceptors (Lipinski definition) is 4. The van der Waals surface area contributed by atoms with Gasteiger partial charge in [0, 0.05) is 6.54 Å². The molecule has 2 aromatic rings. The Labute approximate surface area is 155 Å². The van der Waals surface area contributed by atoms with Crippen LogP contribution in [0, 0.1) is 6.92 Å². The second kappa shape index (κ2) is 9.70. The molecule has 0 saturated carbocycles. The van der Waals surface area contributed by atoms with E-state index in [1.54, 1.807) is 21.3 Å². The molecule has 5 nitrogen and oxygen atoms in total. The molecule has 0 aromatic heterocycles. The van der Waals surface area contributed by atoms with Gasteiger partial charge in [-0.25, -0.2) is 0 Å². The lowest BCUT2D eigenvalue weighted by atomic mass is 10.1. The molecule has 0 atom stereocenters. The molecular formula is C21H27NO4. The molecule has 2 rings (SSSR count). The van der Waals surface area contributed by atoms with Crippen LogP contribution in [-0.4, -0.2) is 33.8 Å². The van der Waals surface area contributed by atoms with Crippen LogP contribution in [0.1, 0.15) is 23.1 Å². The minimum absolute atomic E-state index is 0.0169. The van der Waals surface area contributed by atoms with Gasteiger partial charge < -0.3 is 19.5 Å². The van der Waals surface area contributed by atoms with Gasteiger partial charge in [0.25, 0.3) is 0 Å². The van der Waals surface area contributed by atoms with Crippen LogP contribution in [-0.2, 0) is 17.6 Å². The zero-order chi connectivity index (χ0) is 18.9. The van der Waals surface area contributed by atoms with Crippen molar-refractivity contribution in [1.82, 2.24) is 5.32 Å². The van der Waals surface area contributed by atoms with Crippen LogP contribution < -0.4 is 19.5 Å². The zero-order valence-electron chi connectivity index (χ0n) is 15.9. The summed E-state index contributed by atoms with van der Waals surface area (Å²) in [4.78, 5) is 12.1. The van der Waals surface area contributed by atoms with E-state index in [2.05, 4.69) is 5.32 Å². The molecule has 1 amide bonds. The number of carbonyl (C=O) groups excluding carboxylic acids is 1. The maximum Gasteiger partial charge on any atom is 0.224 e. The first-order chi connectivity index (χ1) is 12.6. The van der Waals surface area contributed by atoms with Crippen LogP contribution in [0.3, 0.4) is 0 Å². The lowest BCUT2D eigenvalue weighted by molar-refractivity contribution is -0.120. The molecule has 0 spiro atoms. The first-order valence-electron chi connectivity index (χ1n) is 8.68. The minimum atomic E-state index is 0.0169. The fourth-order valence-corrected chi connectivity index (χ4v) is 2.78. The number of methoxy groups -OCH3 is 3. The van der Waals surface area contributed by atoms with Crippen molar-refractivity contribution < 1.29 is 19.0 Å². The summed E-state index contributed by atoms with van der Waals surface area (Å²) in [6, 6.07) is 11.7. The Balaban J connectivity index is 1.78. The molecule has 0 unspecified atom stereocenters. The van der Waals surface area contributed by atoms with Crippen molar-refractivity contribution in [3.05, 3.63) is 53.1 Å².